The maximum absolute atomic E-state index is 12.2. The van der Waals surface area contributed by atoms with Crippen LogP contribution in [0, 0.1) is 6.92 Å². The molecule has 3 aromatic carbocycles. The molecule has 6 nitrogen and oxygen atoms in total. The molecule has 0 spiro atoms. The summed E-state index contributed by atoms with van der Waals surface area (Å²) in [7, 11) is 1.55. The van der Waals surface area contributed by atoms with Crippen molar-refractivity contribution in [3.63, 3.8) is 0 Å². The SMILES string of the molecule is Cc1ccc(Oc2ccc([NH+]=C(O)Cc3cccc4c3C(O)N(C)C4=O)cc2)cc1. The second kappa shape index (κ2) is 8.00. The fraction of sp³-hybridized carbons (Fsp3) is 0.167. The van der Waals surface area contributed by atoms with E-state index in [1.807, 2.05) is 43.3 Å². The number of aliphatic hydroxyl groups is 2. The highest BCUT2D eigenvalue weighted by molar-refractivity contribution is 5.99. The zero-order valence-corrected chi connectivity index (χ0v) is 16.8. The smallest absolute Gasteiger partial charge is 0.342 e. The molecule has 0 aromatic heterocycles. The van der Waals surface area contributed by atoms with Crippen LogP contribution in [0.5, 0.6) is 11.5 Å². The molecule has 1 heterocycles. The van der Waals surface area contributed by atoms with Crippen molar-refractivity contribution >= 4 is 17.5 Å². The van der Waals surface area contributed by atoms with Gasteiger partial charge in [0.1, 0.15) is 11.5 Å². The van der Waals surface area contributed by atoms with Gasteiger partial charge < -0.3 is 19.8 Å². The molecule has 3 aromatic rings. The summed E-state index contributed by atoms with van der Waals surface area (Å²) in [6, 6.07) is 20.3. The number of hydrogen-bond acceptors (Lipinski definition) is 3. The van der Waals surface area contributed by atoms with Gasteiger partial charge in [-0.1, -0.05) is 29.8 Å². The molecule has 1 atom stereocenters. The third-order valence-corrected chi connectivity index (χ3v) is 5.13. The van der Waals surface area contributed by atoms with E-state index in [0.29, 0.717) is 28.1 Å². The number of aliphatic hydroxyl groups excluding tert-OH is 2. The van der Waals surface area contributed by atoms with E-state index in [0.717, 1.165) is 5.75 Å². The summed E-state index contributed by atoms with van der Waals surface area (Å²) in [6.45, 7) is 2.02. The second-order valence-corrected chi connectivity index (χ2v) is 7.36. The molecule has 0 fully saturated rings. The van der Waals surface area contributed by atoms with Crippen LogP contribution in [0.2, 0.25) is 0 Å². The average molecular weight is 403 g/mol. The largest absolute Gasteiger partial charge is 0.463 e. The lowest BCUT2D eigenvalue weighted by Crippen LogP contribution is -2.67. The van der Waals surface area contributed by atoms with Crippen molar-refractivity contribution < 1.29 is 24.7 Å². The Morgan fingerprint density at radius 1 is 1.03 bits per heavy atom. The summed E-state index contributed by atoms with van der Waals surface area (Å²) in [5.74, 6) is 1.24. The minimum Gasteiger partial charge on any atom is -0.463 e. The molecular formula is C24H23N2O4+. The summed E-state index contributed by atoms with van der Waals surface area (Å²) in [4.78, 5) is 16.4. The number of nitrogens with zero attached hydrogens (tertiary/aromatic N) is 1. The van der Waals surface area contributed by atoms with Crippen molar-refractivity contribution in [2.75, 3.05) is 7.05 Å². The van der Waals surface area contributed by atoms with Crippen molar-refractivity contribution in [3.8, 4) is 11.5 Å². The minimum absolute atomic E-state index is 0.0183. The highest BCUT2D eigenvalue weighted by Crippen LogP contribution is 2.33. The van der Waals surface area contributed by atoms with Crippen molar-refractivity contribution in [2.24, 2.45) is 0 Å². The van der Waals surface area contributed by atoms with Gasteiger partial charge in [0.15, 0.2) is 6.23 Å². The normalized spacial score (nSPS) is 16.0. The highest BCUT2D eigenvalue weighted by atomic mass is 16.5. The second-order valence-electron chi connectivity index (χ2n) is 7.36. The summed E-state index contributed by atoms with van der Waals surface area (Å²) in [5.41, 5.74) is 3.57. The van der Waals surface area contributed by atoms with Crippen LogP contribution in [0.3, 0.4) is 0 Å². The fourth-order valence-electron chi connectivity index (χ4n) is 3.49. The number of ether oxygens (including phenoxy) is 1. The van der Waals surface area contributed by atoms with E-state index >= 15 is 0 Å². The van der Waals surface area contributed by atoms with Crippen LogP contribution in [-0.2, 0) is 6.42 Å². The first-order chi connectivity index (χ1) is 14.4. The lowest BCUT2D eigenvalue weighted by atomic mass is 10.00. The Bertz CT molecular complexity index is 1110. The van der Waals surface area contributed by atoms with Gasteiger partial charge in [-0.15, -0.1) is 0 Å². The Morgan fingerprint density at radius 3 is 2.33 bits per heavy atom. The molecule has 0 saturated heterocycles. The number of nitrogens with one attached hydrogen (secondary N) is 1. The third-order valence-electron chi connectivity index (χ3n) is 5.13. The first-order valence-electron chi connectivity index (χ1n) is 9.66. The zero-order chi connectivity index (χ0) is 21.3. The predicted octanol–water partition coefficient (Wildman–Crippen LogP) is 2.78. The van der Waals surface area contributed by atoms with Gasteiger partial charge in [0, 0.05) is 30.3 Å². The highest BCUT2D eigenvalue weighted by Gasteiger charge is 2.35. The Kier molecular flexibility index (Phi) is 5.25. The molecule has 1 amide bonds. The zero-order valence-electron chi connectivity index (χ0n) is 16.8. The molecule has 1 unspecified atom stereocenters. The fourth-order valence-corrected chi connectivity index (χ4v) is 3.49. The Labute approximate surface area is 174 Å². The number of carbonyl (C=O) groups excluding carboxylic acids is 1. The molecule has 30 heavy (non-hydrogen) atoms. The topological polar surface area (TPSA) is 84.0 Å². The number of hydrogen-bond donors (Lipinski definition) is 3. The van der Waals surface area contributed by atoms with E-state index in [1.165, 1.54) is 10.5 Å². The summed E-state index contributed by atoms with van der Waals surface area (Å²) >= 11 is 0. The first kappa shape index (κ1) is 19.7. The minimum atomic E-state index is -1.00. The van der Waals surface area contributed by atoms with Crippen molar-refractivity contribution in [3.05, 3.63) is 89.0 Å². The van der Waals surface area contributed by atoms with Gasteiger partial charge in [0.05, 0.1) is 6.42 Å². The summed E-state index contributed by atoms with van der Waals surface area (Å²) < 4.78 is 5.81. The van der Waals surface area contributed by atoms with E-state index in [9.17, 15) is 15.0 Å². The summed E-state index contributed by atoms with van der Waals surface area (Å²) in [6.07, 6.45) is -0.835. The quantitative estimate of drug-likeness (QED) is 0.452. The standard InChI is InChI=1S/C24H22N2O4/c1-15-6-10-18(11-7-15)30-19-12-8-17(9-13-19)25-21(27)14-16-4-3-5-20-22(16)24(29)26(2)23(20)28/h3-13,24,29H,14H2,1-2H3,(H,25,27)/p+1. The molecule has 0 saturated carbocycles. The van der Waals surface area contributed by atoms with Crippen LogP contribution in [0.25, 0.3) is 0 Å². The van der Waals surface area contributed by atoms with Gasteiger partial charge >= 0.3 is 5.90 Å². The average Bonchev–Trinajstić information content (AvgIpc) is 2.96. The van der Waals surface area contributed by atoms with Gasteiger partial charge in [-0.3, -0.25) is 4.79 Å². The monoisotopic (exact) mass is 403 g/mol. The molecular weight excluding hydrogens is 380 g/mol. The molecule has 0 bridgehead atoms. The molecule has 1 aliphatic rings. The van der Waals surface area contributed by atoms with Crippen LogP contribution in [0.4, 0.5) is 5.69 Å². The predicted molar refractivity (Wildman–Crippen MR) is 113 cm³/mol. The third kappa shape index (κ3) is 3.90. The van der Waals surface area contributed by atoms with Crippen molar-refractivity contribution in [2.45, 2.75) is 19.6 Å². The maximum atomic E-state index is 12.2. The van der Waals surface area contributed by atoms with Crippen molar-refractivity contribution in [1.82, 2.24) is 4.90 Å². The van der Waals surface area contributed by atoms with Crippen LogP contribution in [0.15, 0.2) is 66.7 Å². The Balaban J connectivity index is 1.48. The lowest BCUT2D eigenvalue weighted by Gasteiger charge is -2.15. The molecule has 4 rings (SSSR count). The number of carbonyl (C=O) groups is 1. The Morgan fingerprint density at radius 2 is 1.67 bits per heavy atom. The molecule has 0 aliphatic carbocycles. The number of rotatable bonds is 5. The van der Waals surface area contributed by atoms with Crippen LogP contribution >= 0.6 is 0 Å². The molecule has 6 heteroatoms. The molecule has 1 aliphatic heterocycles. The maximum Gasteiger partial charge on any atom is 0.342 e. The van der Waals surface area contributed by atoms with Gasteiger partial charge in [-0.2, -0.15) is 4.99 Å². The summed E-state index contributed by atoms with van der Waals surface area (Å²) in [5, 5.41) is 20.8. The van der Waals surface area contributed by atoms with Gasteiger partial charge in [-0.25, -0.2) is 0 Å². The molecule has 3 N–H and O–H groups in total. The van der Waals surface area contributed by atoms with Crippen LogP contribution in [0.1, 0.15) is 33.3 Å². The first-order valence-corrected chi connectivity index (χ1v) is 9.66. The number of benzene rings is 3. The van der Waals surface area contributed by atoms with E-state index in [4.69, 9.17) is 4.74 Å². The van der Waals surface area contributed by atoms with Crippen molar-refractivity contribution in [1.29, 1.82) is 0 Å². The van der Waals surface area contributed by atoms with Crippen LogP contribution in [-0.4, -0.2) is 34.0 Å². The number of fused-ring (bicyclic) bond motifs is 1. The van der Waals surface area contributed by atoms with E-state index < -0.39 is 6.23 Å². The number of amides is 1. The molecule has 0 radical (unpaired) electrons. The van der Waals surface area contributed by atoms with E-state index in [-0.39, 0.29) is 18.2 Å². The molecule has 152 valence electrons. The van der Waals surface area contributed by atoms with Gasteiger partial charge in [0.25, 0.3) is 5.91 Å². The van der Waals surface area contributed by atoms with Crippen LogP contribution < -0.4 is 9.73 Å². The number of aryl methyl sites for hydroxylation is 1. The van der Waals surface area contributed by atoms with Gasteiger partial charge in [0.2, 0.25) is 5.69 Å². The van der Waals surface area contributed by atoms with Gasteiger partial charge in [-0.05, 0) is 42.8 Å². The van der Waals surface area contributed by atoms with E-state index in [1.54, 1.807) is 37.4 Å². The lowest BCUT2D eigenvalue weighted by molar-refractivity contribution is -0.367. The van der Waals surface area contributed by atoms with E-state index in [2.05, 4.69) is 4.99 Å². The Hall–Kier alpha value is -3.64.